The van der Waals surface area contributed by atoms with Gasteiger partial charge in [0.05, 0.1) is 12.3 Å². The van der Waals surface area contributed by atoms with Crippen molar-refractivity contribution in [3.05, 3.63) is 34.1 Å². The van der Waals surface area contributed by atoms with Crippen molar-refractivity contribution in [1.82, 2.24) is 30.3 Å². The number of tetrazole rings is 1. The van der Waals surface area contributed by atoms with Gasteiger partial charge in [0.2, 0.25) is 11.0 Å². The van der Waals surface area contributed by atoms with E-state index in [1.54, 1.807) is 16.0 Å². The Morgan fingerprint density at radius 2 is 2.38 bits per heavy atom. The van der Waals surface area contributed by atoms with Crippen molar-refractivity contribution in [2.24, 2.45) is 0 Å². The Kier molecular flexibility index (Phi) is 4.61. The maximum atomic E-state index is 5.20. The van der Waals surface area contributed by atoms with E-state index in [2.05, 4.69) is 38.7 Å². The molecule has 0 amide bonds. The summed E-state index contributed by atoms with van der Waals surface area (Å²) in [5.74, 6) is 1.93. The van der Waals surface area contributed by atoms with Crippen LogP contribution in [0.15, 0.2) is 27.2 Å². The van der Waals surface area contributed by atoms with Gasteiger partial charge in [-0.05, 0) is 28.3 Å². The molecular weight excluding hydrogens is 308 g/mol. The Labute approximate surface area is 129 Å². The average molecular weight is 322 g/mol. The monoisotopic (exact) mass is 322 g/mol. The van der Waals surface area contributed by atoms with Gasteiger partial charge < -0.3 is 4.52 Å². The molecule has 7 nitrogen and oxygen atoms in total. The molecule has 3 aromatic heterocycles. The number of nitrogens with zero attached hydrogens (tertiary/aromatic N) is 6. The van der Waals surface area contributed by atoms with Crippen LogP contribution < -0.4 is 0 Å². The van der Waals surface area contributed by atoms with Crippen molar-refractivity contribution >= 4 is 23.1 Å². The molecule has 0 atom stereocenters. The van der Waals surface area contributed by atoms with Crippen LogP contribution in [-0.2, 0) is 18.7 Å². The summed E-state index contributed by atoms with van der Waals surface area (Å²) in [5, 5.41) is 18.5. The molecule has 0 saturated carbocycles. The Morgan fingerprint density at radius 3 is 3.19 bits per heavy atom. The van der Waals surface area contributed by atoms with Gasteiger partial charge in [-0.25, -0.2) is 4.68 Å². The van der Waals surface area contributed by atoms with E-state index in [1.807, 2.05) is 11.4 Å². The van der Waals surface area contributed by atoms with Crippen LogP contribution in [0.4, 0.5) is 0 Å². The summed E-state index contributed by atoms with van der Waals surface area (Å²) in [7, 11) is 0. The second-order valence-electron chi connectivity index (χ2n) is 4.34. The average Bonchev–Trinajstić information content (AvgIpc) is 3.20. The van der Waals surface area contributed by atoms with Crippen LogP contribution in [0.5, 0.6) is 0 Å². The molecule has 3 rings (SSSR count). The molecule has 0 N–H and O–H groups in total. The largest absolute Gasteiger partial charge is 0.338 e. The normalized spacial score (nSPS) is 11.1. The van der Waals surface area contributed by atoms with Gasteiger partial charge in [0.25, 0.3) is 0 Å². The fourth-order valence-electron chi connectivity index (χ4n) is 1.75. The minimum absolute atomic E-state index is 0.571. The minimum Gasteiger partial charge on any atom is -0.338 e. The molecule has 0 fully saturated rings. The van der Waals surface area contributed by atoms with E-state index in [0.717, 1.165) is 23.8 Å². The smallest absolute Gasteiger partial charge is 0.237 e. The summed E-state index contributed by atoms with van der Waals surface area (Å²) < 4.78 is 6.98. The molecule has 0 saturated heterocycles. The molecule has 0 spiro atoms. The number of hydrogen-bond acceptors (Lipinski definition) is 8. The van der Waals surface area contributed by atoms with E-state index in [1.165, 1.54) is 16.6 Å². The molecule has 0 aliphatic heterocycles. The first-order valence-electron chi connectivity index (χ1n) is 6.58. The Bertz CT molecular complexity index is 678. The van der Waals surface area contributed by atoms with Crippen LogP contribution in [0.25, 0.3) is 0 Å². The van der Waals surface area contributed by atoms with Crippen molar-refractivity contribution in [2.75, 3.05) is 0 Å². The summed E-state index contributed by atoms with van der Waals surface area (Å²) in [6.45, 7) is 2.77. The van der Waals surface area contributed by atoms with Gasteiger partial charge >= 0.3 is 0 Å². The van der Waals surface area contributed by atoms with Crippen molar-refractivity contribution in [3.8, 4) is 0 Å². The summed E-state index contributed by atoms with van der Waals surface area (Å²) in [4.78, 5) is 5.55. The Morgan fingerprint density at radius 1 is 1.43 bits per heavy atom. The topological polar surface area (TPSA) is 82.5 Å². The fourth-order valence-corrected chi connectivity index (χ4v) is 3.15. The molecule has 3 aromatic rings. The summed E-state index contributed by atoms with van der Waals surface area (Å²) in [5.41, 5.74) is 0. The Hall–Kier alpha value is -1.74. The standard InChI is InChI=1S/C12H14N6OS2/c1-2-4-10-13-11(19-15-10)8-21-12-14-16-17-18(12)7-9-5-3-6-20-9/h3,5-6H,2,4,7-8H2,1H3. The van der Waals surface area contributed by atoms with E-state index >= 15 is 0 Å². The lowest BCUT2D eigenvalue weighted by atomic mass is 10.3. The summed E-state index contributed by atoms with van der Waals surface area (Å²) in [6, 6.07) is 4.08. The van der Waals surface area contributed by atoms with Gasteiger partial charge in [-0.2, -0.15) is 4.98 Å². The molecule has 0 aromatic carbocycles. The van der Waals surface area contributed by atoms with Crippen LogP contribution in [0.1, 0.15) is 29.9 Å². The third-order valence-corrected chi connectivity index (χ3v) is 4.50. The SMILES string of the molecule is CCCc1noc(CSc2nnnn2Cc2cccs2)n1. The molecule has 110 valence electrons. The molecule has 0 aliphatic rings. The van der Waals surface area contributed by atoms with Crippen molar-refractivity contribution in [3.63, 3.8) is 0 Å². The first-order chi connectivity index (χ1) is 10.3. The quantitative estimate of drug-likeness (QED) is 0.618. The molecule has 0 aliphatic carbocycles. The molecular formula is C12H14N6OS2. The maximum Gasteiger partial charge on any atom is 0.237 e. The second-order valence-corrected chi connectivity index (χ2v) is 6.32. The Balaban J connectivity index is 1.61. The van der Waals surface area contributed by atoms with Gasteiger partial charge in [0.1, 0.15) is 0 Å². The lowest BCUT2D eigenvalue weighted by Crippen LogP contribution is -2.02. The van der Waals surface area contributed by atoms with E-state index in [0.29, 0.717) is 18.2 Å². The molecule has 21 heavy (non-hydrogen) atoms. The number of thioether (sulfide) groups is 1. The fraction of sp³-hybridized carbons (Fsp3) is 0.417. The van der Waals surface area contributed by atoms with E-state index < -0.39 is 0 Å². The molecule has 0 bridgehead atoms. The summed E-state index contributed by atoms with van der Waals surface area (Å²) >= 11 is 3.18. The van der Waals surface area contributed by atoms with Gasteiger partial charge in [-0.3, -0.25) is 0 Å². The molecule has 0 radical (unpaired) electrons. The number of aromatic nitrogens is 6. The third kappa shape index (κ3) is 3.67. The molecule has 0 unspecified atom stereocenters. The second kappa shape index (κ2) is 6.81. The van der Waals surface area contributed by atoms with E-state index in [-0.39, 0.29) is 0 Å². The first-order valence-corrected chi connectivity index (χ1v) is 8.44. The zero-order valence-corrected chi connectivity index (χ0v) is 13.1. The highest BCUT2D eigenvalue weighted by molar-refractivity contribution is 7.98. The van der Waals surface area contributed by atoms with Crippen molar-refractivity contribution < 1.29 is 4.52 Å². The van der Waals surface area contributed by atoms with Gasteiger partial charge in [0, 0.05) is 11.3 Å². The van der Waals surface area contributed by atoms with Gasteiger partial charge in [-0.1, -0.05) is 29.9 Å². The van der Waals surface area contributed by atoms with Crippen LogP contribution >= 0.6 is 23.1 Å². The zero-order valence-electron chi connectivity index (χ0n) is 11.5. The van der Waals surface area contributed by atoms with Gasteiger partial charge in [-0.15, -0.1) is 16.4 Å². The highest BCUT2D eigenvalue weighted by Crippen LogP contribution is 2.20. The van der Waals surface area contributed by atoms with E-state index in [4.69, 9.17) is 4.52 Å². The van der Waals surface area contributed by atoms with Crippen molar-refractivity contribution in [1.29, 1.82) is 0 Å². The van der Waals surface area contributed by atoms with E-state index in [9.17, 15) is 0 Å². The third-order valence-electron chi connectivity index (χ3n) is 2.69. The number of thiophene rings is 1. The summed E-state index contributed by atoms with van der Waals surface area (Å²) in [6.07, 6.45) is 1.84. The highest BCUT2D eigenvalue weighted by Gasteiger charge is 2.11. The predicted octanol–water partition coefficient (Wildman–Crippen LogP) is 2.41. The van der Waals surface area contributed by atoms with Crippen LogP contribution in [0.2, 0.25) is 0 Å². The minimum atomic E-state index is 0.571. The zero-order chi connectivity index (χ0) is 14.5. The van der Waals surface area contributed by atoms with Crippen molar-refractivity contribution in [2.45, 2.75) is 37.2 Å². The lowest BCUT2D eigenvalue weighted by molar-refractivity contribution is 0.384. The van der Waals surface area contributed by atoms with Crippen LogP contribution in [-0.4, -0.2) is 30.3 Å². The number of aryl methyl sites for hydroxylation is 1. The van der Waals surface area contributed by atoms with Gasteiger partial charge in [0.15, 0.2) is 5.82 Å². The molecule has 3 heterocycles. The lowest BCUT2D eigenvalue weighted by Gasteiger charge is -2.00. The predicted molar refractivity (Wildman–Crippen MR) is 79.1 cm³/mol. The highest BCUT2D eigenvalue weighted by atomic mass is 32.2. The number of hydrogen-bond donors (Lipinski definition) is 0. The van der Waals surface area contributed by atoms with Crippen LogP contribution in [0, 0.1) is 0 Å². The van der Waals surface area contributed by atoms with Crippen LogP contribution in [0.3, 0.4) is 0 Å². The number of rotatable bonds is 7. The molecule has 9 heteroatoms. The maximum absolute atomic E-state index is 5.20. The first kappa shape index (κ1) is 14.2.